The zero-order valence-corrected chi connectivity index (χ0v) is 12.3. The van der Waals surface area contributed by atoms with Gasteiger partial charge in [0.25, 0.3) is 0 Å². The van der Waals surface area contributed by atoms with Crippen molar-refractivity contribution in [2.75, 3.05) is 12.4 Å². The minimum absolute atomic E-state index is 0.560. The summed E-state index contributed by atoms with van der Waals surface area (Å²) in [6.07, 6.45) is 4.41. The Kier molecular flexibility index (Phi) is 3.38. The maximum absolute atomic E-state index is 5.19. The Morgan fingerprint density at radius 1 is 1.25 bits per heavy atom. The molecule has 0 saturated heterocycles. The molecule has 0 unspecified atom stereocenters. The fourth-order valence-corrected chi connectivity index (χ4v) is 2.85. The van der Waals surface area contributed by atoms with E-state index in [1.807, 2.05) is 30.8 Å². The highest BCUT2D eigenvalue weighted by Gasteiger charge is 2.30. The zero-order chi connectivity index (χ0) is 14.1. The van der Waals surface area contributed by atoms with Gasteiger partial charge in [0.2, 0.25) is 0 Å². The highest BCUT2D eigenvalue weighted by molar-refractivity contribution is 5.47. The van der Waals surface area contributed by atoms with Crippen molar-refractivity contribution < 1.29 is 4.74 Å². The van der Waals surface area contributed by atoms with Crippen molar-refractivity contribution in [2.24, 2.45) is 7.05 Å². The number of aryl methyl sites for hydroxylation is 2. The molecule has 106 valence electrons. The van der Waals surface area contributed by atoms with Gasteiger partial charge in [0.15, 0.2) is 0 Å². The molecule has 1 N–H and O–H groups in total. The molecule has 0 aliphatic heterocycles. The smallest absolute Gasteiger partial charge is 0.118 e. The van der Waals surface area contributed by atoms with Crippen molar-refractivity contribution in [3.8, 4) is 5.75 Å². The summed E-state index contributed by atoms with van der Waals surface area (Å²) in [5.74, 6) is 1.59. The molecule has 1 heterocycles. The van der Waals surface area contributed by atoms with Crippen LogP contribution in [0.1, 0.15) is 30.0 Å². The first-order chi connectivity index (χ1) is 9.65. The Bertz CT molecular complexity index is 582. The van der Waals surface area contributed by atoms with Crippen LogP contribution in [0.25, 0.3) is 0 Å². The lowest BCUT2D eigenvalue weighted by molar-refractivity contribution is 0.373. The number of hydrogen-bond donors (Lipinski definition) is 1. The van der Waals surface area contributed by atoms with Gasteiger partial charge < -0.3 is 10.1 Å². The second-order valence-corrected chi connectivity index (χ2v) is 5.58. The Labute approximate surface area is 119 Å². The molecule has 1 aromatic carbocycles. The predicted octanol–water partition coefficient (Wildman–Crippen LogP) is 3.10. The molecule has 0 radical (unpaired) electrons. The van der Waals surface area contributed by atoms with Crippen LogP contribution in [0.2, 0.25) is 0 Å². The standard InChI is InChI=1S/C16H21N3O/c1-11-16(10-19(2)18-11)17-14-8-13(9-14)12-4-6-15(20-3)7-5-12/h4-7,10,13-14,17H,8-9H2,1-3H3. The molecular weight excluding hydrogens is 250 g/mol. The molecule has 4 heteroatoms. The van der Waals surface area contributed by atoms with E-state index < -0.39 is 0 Å². The van der Waals surface area contributed by atoms with Crippen LogP contribution in [-0.2, 0) is 7.05 Å². The molecule has 0 atom stereocenters. The van der Waals surface area contributed by atoms with Gasteiger partial charge in [0.05, 0.1) is 18.5 Å². The van der Waals surface area contributed by atoms with Crippen molar-refractivity contribution in [1.82, 2.24) is 9.78 Å². The molecule has 20 heavy (non-hydrogen) atoms. The van der Waals surface area contributed by atoms with E-state index in [1.165, 1.54) is 18.4 Å². The van der Waals surface area contributed by atoms with Crippen molar-refractivity contribution >= 4 is 5.69 Å². The summed E-state index contributed by atoms with van der Waals surface area (Å²) in [7, 11) is 3.66. The lowest BCUT2D eigenvalue weighted by Gasteiger charge is -2.36. The first-order valence-corrected chi connectivity index (χ1v) is 7.06. The summed E-state index contributed by atoms with van der Waals surface area (Å²) >= 11 is 0. The monoisotopic (exact) mass is 271 g/mol. The van der Waals surface area contributed by atoms with Crippen LogP contribution >= 0.6 is 0 Å². The number of benzene rings is 1. The van der Waals surface area contributed by atoms with Gasteiger partial charge in [-0.1, -0.05) is 12.1 Å². The fourth-order valence-electron chi connectivity index (χ4n) is 2.85. The van der Waals surface area contributed by atoms with Gasteiger partial charge in [-0.05, 0) is 43.4 Å². The molecule has 1 aliphatic carbocycles. The van der Waals surface area contributed by atoms with E-state index in [4.69, 9.17) is 4.74 Å². The summed E-state index contributed by atoms with van der Waals surface area (Å²) in [4.78, 5) is 0. The molecule has 3 rings (SSSR count). The minimum atomic E-state index is 0.560. The Balaban J connectivity index is 1.56. The van der Waals surface area contributed by atoms with Gasteiger partial charge in [0.1, 0.15) is 5.75 Å². The molecular formula is C16H21N3O. The lowest BCUT2D eigenvalue weighted by atomic mass is 9.76. The van der Waals surface area contributed by atoms with Crippen LogP contribution in [-0.4, -0.2) is 22.9 Å². The number of methoxy groups -OCH3 is 1. The van der Waals surface area contributed by atoms with E-state index in [2.05, 4.69) is 28.7 Å². The van der Waals surface area contributed by atoms with Crippen LogP contribution in [0, 0.1) is 6.92 Å². The van der Waals surface area contributed by atoms with Crippen LogP contribution in [0.3, 0.4) is 0 Å². The zero-order valence-electron chi connectivity index (χ0n) is 12.3. The summed E-state index contributed by atoms with van der Waals surface area (Å²) in [6, 6.07) is 9.00. The van der Waals surface area contributed by atoms with Crippen LogP contribution < -0.4 is 10.1 Å². The predicted molar refractivity (Wildman–Crippen MR) is 80.3 cm³/mol. The second kappa shape index (κ2) is 5.19. The fraction of sp³-hybridized carbons (Fsp3) is 0.438. The number of rotatable bonds is 4. The van der Waals surface area contributed by atoms with Gasteiger partial charge in [-0.2, -0.15) is 5.10 Å². The Morgan fingerprint density at radius 3 is 2.50 bits per heavy atom. The average Bonchev–Trinajstić information content (AvgIpc) is 2.72. The third-order valence-electron chi connectivity index (χ3n) is 4.10. The van der Waals surface area contributed by atoms with Gasteiger partial charge in [-0.3, -0.25) is 4.68 Å². The van der Waals surface area contributed by atoms with Crippen molar-refractivity contribution in [2.45, 2.75) is 31.7 Å². The average molecular weight is 271 g/mol. The van der Waals surface area contributed by atoms with Gasteiger partial charge in [0, 0.05) is 19.3 Å². The molecule has 0 amide bonds. The highest BCUT2D eigenvalue weighted by atomic mass is 16.5. The maximum atomic E-state index is 5.19. The molecule has 1 aromatic heterocycles. The van der Waals surface area contributed by atoms with Gasteiger partial charge in [-0.25, -0.2) is 0 Å². The molecule has 1 saturated carbocycles. The van der Waals surface area contributed by atoms with E-state index in [0.29, 0.717) is 12.0 Å². The topological polar surface area (TPSA) is 39.1 Å². The first-order valence-electron chi connectivity index (χ1n) is 7.06. The number of hydrogen-bond acceptors (Lipinski definition) is 3. The summed E-state index contributed by atoms with van der Waals surface area (Å²) in [5.41, 5.74) is 3.64. The lowest BCUT2D eigenvalue weighted by Crippen LogP contribution is -2.34. The van der Waals surface area contributed by atoms with E-state index >= 15 is 0 Å². The molecule has 1 aliphatic rings. The number of anilines is 1. The first kappa shape index (κ1) is 13.0. The quantitative estimate of drug-likeness (QED) is 0.928. The van der Waals surface area contributed by atoms with E-state index in [9.17, 15) is 0 Å². The van der Waals surface area contributed by atoms with Crippen LogP contribution in [0.5, 0.6) is 5.75 Å². The molecule has 0 bridgehead atoms. The van der Waals surface area contributed by atoms with E-state index in [0.717, 1.165) is 17.1 Å². The Morgan fingerprint density at radius 2 is 1.95 bits per heavy atom. The third kappa shape index (κ3) is 2.50. The number of nitrogens with zero attached hydrogens (tertiary/aromatic N) is 2. The summed E-state index contributed by atoms with van der Waals surface area (Å²) in [5, 5.41) is 7.94. The Hall–Kier alpha value is -1.97. The normalized spacial score (nSPS) is 21.4. The molecule has 4 nitrogen and oxygen atoms in total. The molecule has 2 aromatic rings. The third-order valence-corrected chi connectivity index (χ3v) is 4.10. The number of aromatic nitrogens is 2. The molecule has 1 fully saturated rings. The van der Waals surface area contributed by atoms with Gasteiger partial charge in [-0.15, -0.1) is 0 Å². The van der Waals surface area contributed by atoms with Crippen molar-refractivity contribution in [3.63, 3.8) is 0 Å². The van der Waals surface area contributed by atoms with Crippen LogP contribution in [0.15, 0.2) is 30.5 Å². The molecule has 0 spiro atoms. The SMILES string of the molecule is COc1ccc(C2CC(Nc3cn(C)nc3C)C2)cc1. The van der Waals surface area contributed by atoms with Crippen molar-refractivity contribution in [3.05, 3.63) is 41.7 Å². The maximum Gasteiger partial charge on any atom is 0.118 e. The van der Waals surface area contributed by atoms with Crippen molar-refractivity contribution in [1.29, 1.82) is 0 Å². The number of nitrogens with one attached hydrogen (secondary N) is 1. The number of ether oxygens (including phenoxy) is 1. The van der Waals surface area contributed by atoms with Crippen LogP contribution in [0.4, 0.5) is 5.69 Å². The minimum Gasteiger partial charge on any atom is -0.497 e. The van der Waals surface area contributed by atoms with E-state index in [-0.39, 0.29) is 0 Å². The largest absolute Gasteiger partial charge is 0.497 e. The summed E-state index contributed by atoms with van der Waals surface area (Å²) < 4.78 is 7.05. The second-order valence-electron chi connectivity index (χ2n) is 5.58. The van der Waals surface area contributed by atoms with Gasteiger partial charge >= 0.3 is 0 Å². The highest BCUT2D eigenvalue weighted by Crippen LogP contribution is 2.39. The summed E-state index contributed by atoms with van der Waals surface area (Å²) in [6.45, 7) is 2.04. The van der Waals surface area contributed by atoms with E-state index in [1.54, 1.807) is 7.11 Å².